The smallest absolute Gasteiger partial charge is 0.265 e. The van der Waals surface area contributed by atoms with Gasteiger partial charge in [-0.3, -0.25) is 9.59 Å². The minimum Gasteiger partial charge on any atom is -0.369 e. The van der Waals surface area contributed by atoms with Crippen molar-refractivity contribution < 1.29 is 32.4 Å². The molecule has 0 saturated carbocycles. The lowest BCUT2D eigenvalue weighted by molar-refractivity contribution is 0.102. The van der Waals surface area contributed by atoms with Crippen molar-refractivity contribution in [3.63, 3.8) is 0 Å². The van der Waals surface area contributed by atoms with Gasteiger partial charge in [0.1, 0.15) is 29.0 Å². The van der Waals surface area contributed by atoms with Crippen LogP contribution in [-0.4, -0.2) is 33.6 Å². The fourth-order valence-electron chi connectivity index (χ4n) is 5.81. The van der Waals surface area contributed by atoms with Crippen molar-refractivity contribution in [2.75, 3.05) is 27.4 Å². The van der Waals surface area contributed by atoms with Crippen LogP contribution in [0.15, 0.2) is 95.6 Å². The van der Waals surface area contributed by atoms with Crippen LogP contribution >= 0.6 is 11.3 Å². The summed E-state index contributed by atoms with van der Waals surface area (Å²) in [5, 5.41) is 23.7. The number of carbonyl (C=O) groups is 2. The molecule has 0 fully saturated rings. The maximum atomic E-state index is 14.7. The number of fused-ring (bicyclic) bond motifs is 3. The van der Waals surface area contributed by atoms with Crippen LogP contribution in [0, 0.1) is 24.4 Å². The van der Waals surface area contributed by atoms with Crippen LogP contribution in [0.2, 0.25) is 0 Å². The third-order valence-electron chi connectivity index (χ3n) is 8.29. The summed E-state index contributed by atoms with van der Waals surface area (Å²) < 4.78 is 48.3. The van der Waals surface area contributed by atoms with Gasteiger partial charge >= 0.3 is 0 Å². The molecule has 2 amide bonds. The first-order valence-electron chi connectivity index (χ1n) is 15.8. The number of aliphatic hydroxyl groups is 1. The lowest BCUT2D eigenvalue weighted by Crippen LogP contribution is -2.30. The summed E-state index contributed by atoms with van der Waals surface area (Å²) in [5.41, 5.74) is 3.24. The lowest BCUT2D eigenvalue weighted by atomic mass is 10.1. The number of aliphatic hydroxyl groups excluding tert-OH is 1. The largest absolute Gasteiger partial charge is 0.369 e. The predicted molar refractivity (Wildman–Crippen MR) is 187 cm³/mol. The van der Waals surface area contributed by atoms with Crippen molar-refractivity contribution in [1.29, 1.82) is 0 Å². The highest BCUT2D eigenvalue weighted by Gasteiger charge is 2.29. The van der Waals surface area contributed by atoms with Gasteiger partial charge in [-0.1, -0.05) is 23.4 Å². The van der Waals surface area contributed by atoms with Crippen molar-refractivity contribution in [3.05, 3.63) is 142 Å². The quantitative estimate of drug-likeness (QED) is 0.120. The van der Waals surface area contributed by atoms with Crippen molar-refractivity contribution in [3.8, 4) is 10.4 Å². The Morgan fingerprint density at radius 1 is 0.961 bits per heavy atom. The van der Waals surface area contributed by atoms with Crippen molar-refractivity contribution in [2.24, 2.45) is 0 Å². The number of thiophene rings is 1. The first-order valence-corrected chi connectivity index (χ1v) is 16.6. The van der Waals surface area contributed by atoms with Crippen LogP contribution in [0.3, 0.4) is 0 Å². The number of pyridine rings is 1. The topological polar surface area (TPSA) is 133 Å². The van der Waals surface area contributed by atoms with E-state index in [0.717, 1.165) is 34.7 Å². The molecule has 4 N–H and O–H groups in total. The first kappa shape index (κ1) is 33.5. The minimum atomic E-state index is -1.19. The average molecular weight is 711 g/mol. The van der Waals surface area contributed by atoms with Crippen LogP contribution in [0.5, 0.6) is 0 Å². The fraction of sp³-hybridized carbons (Fsp3) is 0.135. The van der Waals surface area contributed by atoms with Gasteiger partial charge in [-0.25, -0.2) is 18.2 Å². The Balaban J connectivity index is 1.07. The molecule has 1 aliphatic rings. The van der Waals surface area contributed by atoms with Crippen molar-refractivity contribution >= 4 is 46.0 Å². The first-order chi connectivity index (χ1) is 24.6. The molecule has 258 valence electrons. The van der Waals surface area contributed by atoms with Crippen molar-refractivity contribution in [1.82, 2.24) is 10.1 Å². The summed E-state index contributed by atoms with van der Waals surface area (Å²) in [4.78, 5) is 33.1. The molecule has 6 aromatic rings. The van der Waals surface area contributed by atoms with E-state index in [2.05, 4.69) is 26.1 Å². The summed E-state index contributed by atoms with van der Waals surface area (Å²) in [6.45, 7) is 2.36. The number of amides is 2. The molecule has 14 heteroatoms. The number of rotatable bonds is 9. The van der Waals surface area contributed by atoms with E-state index < -0.39 is 41.2 Å². The van der Waals surface area contributed by atoms with Crippen LogP contribution in [0.1, 0.15) is 48.8 Å². The number of benzene rings is 3. The highest BCUT2D eigenvalue weighted by atomic mass is 32.1. The molecule has 10 nitrogen and oxygen atoms in total. The molecule has 0 saturated heterocycles. The summed E-state index contributed by atoms with van der Waals surface area (Å²) >= 11 is 1.11. The van der Waals surface area contributed by atoms with Gasteiger partial charge in [-0.05, 0) is 79.6 Å². The second kappa shape index (κ2) is 14.1. The number of carbonyl (C=O) groups excluding carboxylic acids is 2. The summed E-state index contributed by atoms with van der Waals surface area (Å²) in [7, 11) is 0. The lowest BCUT2D eigenvalue weighted by Gasteiger charge is -2.30. The Morgan fingerprint density at radius 3 is 2.49 bits per heavy atom. The van der Waals surface area contributed by atoms with Gasteiger partial charge in [0.2, 0.25) is 0 Å². The fourth-order valence-corrected chi connectivity index (χ4v) is 6.95. The number of nitrogens with zero attached hydrogens (tertiary/aromatic N) is 3. The zero-order chi connectivity index (χ0) is 35.6. The molecule has 0 spiro atoms. The Labute approximate surface area is 293 Å². The van der Waals surface area contributed by atoms with Gasteiger partial charge in [0.05, 0.1) is 28.4 Å². The second-order valence-corrected chi connectivity index (χ2v) is 12.8. The molecule has 0 bridgehead atoms. The molecular formula is C37H29F3N6O4S. The summed E-state index contributed by atoms with van der Waals surface area (Å²) in [6.07, 6.45) is 0.760. The molecule has 7 rings (SSSR count). The van der Waals surface area contributed by atoms with Gasteiger partial charge in [-0.15, -0.1) is 11.3 Å². The van der Waals surface area contributed by atoms with E-state index in [1.54, 1.807) is 65.7 Å². The van der Waals surface area contributed by atoms with Gasteiger partial charge in [0, 0.05) is 40.5 Å². The number of hydrogen-bond donors (Lipinski definition) is 4. The number of aromatic nitrogens is 2. The molecule has 1 atom stereocenters. The van der Waals surface area contributed by atoms with E-state index >= 15 is 0 Å². The maximum Gasteiger partial charge on any atom is 0.265 e. The van der Waals surface area contributed by atoms with Gasteiger partial charge in [-0.2, -0.15) is 0 Å². The molecule has 51 heavy (non-hydrogen) atoms. The van der Waals surface area contributed by atoms with Gasteiger partial charge in [0.15, 0.2) is 12.0 Å². The number of hydrogen-bond acceptors (Lipinski definition) is 9. The Kier molecular flexibility index (Phi) is 9.26. The molecule has 3 aromatic carbocycles. The molecular weight excluding hydrogens is 682 g/mol. The Hall–Kier alpha value is -5.99. The molecule has 1 unspecified atom stereocenters. The molecule has 1 aliphatic heterocycles. The molecule has 0 radical (unpaired) electrons. The number of aryl methyl sites for hydroxylation is 1. The van der Waals surface area contributed by atoms with E-state index in [1.807, 2.05) is 6.92 Å². The normalized spacial score (nSPS) is 12.8. The number of anilines is 4. The molecule has 3 aromatic heterocycles. The monoisotopic (exact) mass is 710 g/mol. The number of para-hydroxylation sites is 1. The van der Waals surface area contributed by atoms with E-state index in [9.17, 15) is 27.9 Å². The number of halogens is 3. The molecule has 0 aliphatic carbocycles. The average Bonchev–Trinajstić information content (AvgIpc) is 3.72. The van der Waals surface area contributed by atoms with E-state index in [-0.39, 0.29) is 18.0 Å². The van der Waals surface area contributed by atoms with Crippen molar-refractivity contribution in [2.45, 2.75) is 26.1 Å². The summed E-state index contributed by atoms with van der Waals surface area (Å²) in [6, 6.07) is 20.9. The third kappa shape index (κ3) is 7.04. The predicted octanol–water partition coefficient (Wildman–Crippen LogP) is 7.69. The third-order valence-corrected chi connectivity index (χ3v) is 9.50. The standard InChI is InChI=1S/C37H29F3N6O4S/c1-20-16-25(50-45-20)19-42-34-27(4-3-14-41-34)35(47)43-24-10-7-21(8-11-24)37(49)46-15-13-22-17-31(36(48)44-32-28(39)5-2-6-29(32)40)51-33(22)26-12-9-23(38)18-30(26)46/h2-12,14,16-18,37,49H,13,15,19H2,1H3,(H,41,42)(H,43,47)(H,44,48). The maximum absolute atomic E-state index is 14.7. The van der Waals surface area contributed by atoms with Crippen LogP contribution in [0.25, 0.3) is 10.4 Å². The van der Waals surface area contributed by atoms with Gasteiger partial charge in [0.25, 0.3) is 11.8 Å². The number of nitrogens with one attached hydrogen (secondary N) is 3. The summed E-state index contributed by atoms with van der Waals surface area (Å²) in [5.74, 6) is -2.43. The zero-order valence-corrected chi connectivity index (χ0v) is 27.7. The van der Waals surface area contributed by atoms with Crippen LogP contribution < -0.4 is 20.9 Å². The van der Waals surface area contributed by atoms with Gasteiger partial charge < -0.3 is 30.5 Å². The SMILES string of the molecule is Cc1cc(CNc2ncccc2C(=O)Nc2ccc(C(O)N3CCc4cc(C(=O)Nc5c(F)cccc5F)sc4-c4ccc(F)cc43)cc2)on1. The Bertz CT molecular complexity index is 2240. The van der Waals surface area contributed by atoms with Crippen LogP contribution in [0.4, 0.5) is 36.1 Å². The minimum absolute atomic E-state index is 0.226. The van der Waals surface area contributed by atoms with E-state index in [4.69, 9.17) is 4.52 Å². The molecule has 4 heterocycles. The zero-order valence-electron chi connectivity index (χ0n) is 26.9. The second-order valence-electron chi connectivity index (χ2n) is 11.8. The highest BCUT2D eigenvalue weighted by Crippen LogP contribution is 2.44. The van der Waals surface area contributed by atoms with E-state index in [0.29, 0.717) is 50.9 Å². The van der Waals surface area contributed by atoms with Crippen LogP contribution in [-0.2, 0) is 13.0 Å². The Morgan fingerprint density at radius 2 is 1.75 bits per heavy atom. The highest BCUT2D eigenvalue weighted by molar-refractivity contribution is 7.17. The van der Waals surface area contributed by atoms with E-state index in [1.165, 1.54) is 18.2 Å².